The number of rotatable bonds is 6. The number of sulfonamides is 1. The number of para-hydroxylation sites is 1. The molecule has 0 N–H and O–H groups in total. The standard InChI is InChI=1S/C26H29N3O3S/c1-27(2)23-15-13-20(14-16-23)19-28(3)26(30)22-9-6-11-24(18-22)33(31,32)29-17-7-10-21-8-4-5-12-25(21)29/h4-6,8-9,11-16,18H,7,10,17,19H2,1-3H3. The molecular weight excluding hydrogens is 434 g/mol. The largest absolute Gasteiger partial charge is 0.378 e. The Morgan fingerprint density at radius 2 is 1.67 bits per heavy atom. The van der Waals surface area contributed by atoms with E-state index in [0.29, 0.717) is 18.7 Å². The predicted molar refractivity (Wildman–Crippen MR) is 132 cm³/mol. The molecule has 0 spiro atoms. The van der Waals surface area contributed by atoms with Crippen molar-refractivity contribution in [3.63, 3.8) is 0 Å². The van der Waals surface area contributed by atoms with Gasteiger partial charge in [-0.25, -0.2) is 8.42 Å². The van der Waals surface area contributed by atoms with Crippen LogP contribution in [0.4, 0.5) is 11.4 Å². The zero-order chi connectivity index (χ0) is 23.6. The van der Waals surface area contributed by atoms with Crippen LogP contribution in [0.15, 0.2) is 77.7 Å². The quantitative estimate of drug-likeness (QED) is 0.551. The van der Waals surface area contributed by atoms with E-state index in [1.165, 1.54) is 10.4 Å². The van der Waals surface area contributed by atoms with Crippen LogP contribution in [-0.2, 0) is 23.0 Å². The minimum absolute atomic E-state index is 0.133. The van der Waals surface area contributed by atoms with Gasteiger partial charge in [-0.05, 0) is 60.4 Å². The Hall–Kier alpha value is -3.32. The van der Waals surface area contributed by atoms with E-state index < -0.39 is 10.0 Å². The van der Waals surface area contributed by atoms with Crippen LogP contribution in [0, 0.1) is 0 Å². The average Bonchev–Trinajstić information content (AvgIpc) is 2.83. The second kappa shape index (κ2) is 9.27. The highest BCUT2D eigenvalue weighted by molar-refractivity contribution is 7.92. The molecule has 7 heteroatoms. The van der Waals surface area contributed by atoms with Gasteiger partial charge in [-0.15, -0.1) is 0 Å². The molecule has 0 saturated carbocycles. The zero-order valence-corrected chi connectivity index (χ0v) is 20.0. The van der Waals surface area contributed by atoms with Gasteiger partial charge in [0, 0.05) is 45.5 Å². The molecule has 1 heterocycles. The third-order valence-electron chi connectivity index (χ3n) is 5.96. The summed E-state index contributed by atoms with van der Waals surface area (Å²) in [5, 5.41) is 0. The molecule has 172 valence electrons. The smallest absolute Gasteiger partial charge is 0.264 e. The lowest BCUT2D eigenvalue weighted by Gasteiger charge is -2.30. The van der Waals surface area contributed by atoms with Crippen molar-refractivity contribution in [1.29, 1.82) is 0 Å². The number of amides is 1. The number of nitrogens with zero attached hydrogens (tertiary/aromatic N) is 3. The monoisotopic (exact) mass is 463 g/mol. The van der Waals surface area contributed by atoms with Gasteiger partial charge in [-0.2, -0.15) is 0 Å². The number of hydrogen-bond donors (Lipinski definition) is 0. The summed E-state index contributed by atoms with van der Waals surface area (Å²) in [6, 6.07) is 21.9. The number of benzene rings is 3. The molecule has 33 heavy (non-hydrogen) atoms. The molecule has 3 aromatic carbocycles. The van der Waals surface area contributed by atoms with Crippen molar-refractivity contribution in [3.8, 4) is 0 Å². The number of carbonyl (C=O) groups excluding carboxylic acids is 1. The third-order valence-corrected chi connectivity index (χ3v) is 7.76. The lowest BCUT2D eigenvalue weighted by molar-refractivity contribution is 0.0785. The van der Waals surface area contributed by atoms with Crippen LogP contribution < -0.4 is 9.21 Å². The molecule has 1 amide bonds. The molecule has 0 aromatic heterocycles. The molecule has 0 aliphatic carbocycles. The van der Waals surface area contributed by atoms with Crippen LogP contribution in [0.3, 0.4) is 0 Å². The first-order valence-electron chi connectivity index (χ1n) is 11.0. The van der Waals surface area contributed by atoms with Crippen molar-refractivity contribution in [1.82, 2.24) is 4.90 Å². The van der Waals surface area contributed by atoms with Crippen molar-refractivity contribution >= 4 is 27.3 Å². The highest BCUT2D eigenvalue weighted by Crippen LogP contribution is 2.32. The van der Waals surface area contributed by atoms with Gasteiger partial charge in [0.1, 0.15) is 0 Å². The van der Waals surface area contributed by atoms with Crippen LogP contribution in [0.5, 0.6) is 0 Å². The lowest BCUT2D eigenvalue weighted by Crippen LogP contribution is -2.35. The van der Waals surface area contributed by atoms with Gasteiger partial charge in [-0.1, -0.05) is 36.4 Å². The summed E-state index contributed by atoms with van der Waals surface area (Å²) >= 11 is 0. The molecule has 1 aliphatic rings. The summed E-state index contributed by atoms with van der Waals surface area (Å²) in [6.45, 7) is 0.864. The van der Waals surface area contributed by atoms with Crippen molar-refractivity contribution in [2.45, 2.75) is 24.3 Å². The maximum Gasteiger partial charge on any atom is 0.264 e. The first kappa shape index (κ1) is 22.9. The van der Waals surface area contributed by atoms with Crippen molar-refractivity contribution in [2.75, 3.05) is 36.9 Å². The second-order valence-corrected chi connectivity index (χ2v) is 10.4. The van der Waals surface area contributed by atoms with E-state index in [1.807, 2.05) is 67.5 Å². The summed E-state index contributed by atoms with van der Waals surface area (Å²) in [5.41, 5.74) is 4.20. The van der Waals surface area contributed by atoms with E-state index in [0.717, 1.165) is 35.3 Å². The highest BCUT2D eigenvalue weighted by Gasteiger charge is 2.29. The van der Waals surface area contributed by atoms with Gasteiger partial charge < -0.3 is 9.80 Å². The maximum atomic E-state index is 13.5. The van der Waals surface area contributed by atoms with Crippen LogP contribution in [-0.4, -0.2) is 46.9 Å². The molecule has 1 aliphatic heterocycles. The van der Waals surface area contributed by atoms with Crippen molar-refractivity contribution < 1.29 is 13.2 Å². The average molecular weight is 464 g/mol. The van der Waals surface area contributed by atoms with E-state index in [4.69, 9.17) is 0 Å². The molecule has 0 unspecified atom stereocenters. The van der Waals surface area contributed by atoms with Gasteiger partial charge in [0.2, 0.25) is 0 Å². The Morgan fingerprint density at radius 3 is 2.39 bits per heavy atom. The minimum Gasteiger partial charge on any atom is -0.378 e. The zero-order valence-electron chi connectivity index (χ0n) is 19.2. The first-order chi connectivity index (χ1) is 15.8. The summed E-state index contributed by atoms with van der Waals surface area (Å²) in [4.78, 5) is 16.8. The SMILES string of the molecule is CN(Cc1ccc(N(C)C)cc1)C(=O)c1cccc(S(=O)(=O)N2CCCc3ccccc32)c1. The van der Waals surface area contributed by atoms with E-state index in [1.54, 1.807) is 30.1 Å². The lowest BCUT2D eigenvalue weighted by atomic mass is 10.0. The minimum atomic E-state index is -3.77. The highest BCUT2D eigenvalue weighted by atomic mass is 32.2. The molecular formula is C26H29N3O3S. The van der Waals surface area contributed by atoms with Gasteiger partial charge in [0.15, 0.2) is 0 Å². The fourth-order valence-electron chi connectivity index (χ4n) is 4.13. The first-order valence-corrected chi connectivity index (χ1v) is 12.4. The predicted octanol–water partition coefficient (Wildman–Crippen LogP) is 4.17. The van der Waals surface area contributed by atoms with E-state index in [9.17, 15) is 13.2 Å². The third kappa shape index (κ3) is 4.73. The fourth-order valence-corrected chi connectivity index (χ4v) is 5.72. The number of carbonyl (C=O) groups is 1. The van der Waals surface area contributed by atoms with Crippen molar-refractivity contribution in [3.05, 3.63) is 89.5 Å². The van der Waals surface area contributed by atoms with Gasteiger partial charge in [0.05, 0.1) is 10.6 Å². The normalized spacial score (nSPS) is 13.4. The molecule has 3 aromatic rings. The summed E-state index contributed by atoms with van der Waals surface area (Å²) in [5.74, 6) is -0.220. The number of aryl methyl sites for hydroxylation is 1. The van der Waals surface area contributed by atoms with Gasteiger partial charge in [-0.3, -0.25) is 9.10 Å². The Balaban J connectivity index is 1.55. The summed E-state index contributed by atoms with van der Waals surface area (Å²) in [7, 11) is 1.92. The molecule has 6 nitrogen and oxygen atoms in total. The number of fused-ring (bicyclic) bond motifs is 1. The van der Waals surface area contributed by atoms with Crippen LogP contribution in [0.2, 0.25) is 0 Å². The second-order valence-electron chi connectivity index (χ2n) is 8.56. The van der Waals surface area contributed by atoms with Gasteiger partial charge in [0.25, 0.3) is 15.9 Å². The van der Waals surface area contributed by atoms with Crippen LogP contribution >= 0.6 is 0 Å². The Morgan fingerprint density at radius 1 is 0.939 bits per heavy atom. The Kier molecular flexibility index (Phi) is 6.42. The molecule has 4 rings (SSSR count). The van der Waals surface area contributed by atoms with Crippen molar-refractivity contribution in [2.24, 2.45) is 0 Å². The molecule has 0 radical (unpaired) electrons. The summed E-state index contributed by atoms with van der Waals surface area (Å²) < 4.78 is 28.4. The van der Waals surface area contributed by atoms with Crippen LogP contribution in [0.1, 0.15) is 27.9 Å². The molecule has 0 fully saturated rings. The Bertz CT molecular complexity index is 1250. The van der Waals surface area contributed by atoms with E-state index >= 15 is 0 Å². The number of hydrogen-bond acceptors (Lipinski definition) is 4. The molecule has 0 bridgehead atoms. The topological polar surface area (TPSA) is 60.9 Å². The summed E-state index contributed by atoms with van der Waals surface area (Å²) in [6.07, 6.45) is 1.63. The number of anilines is 2. The van der Waals surface area contributed by atoms with Crippen LogP contribution in [0.25, 0.3) is 0 Å². The molecule has 0 saturated heterocycles. The Labute approximate surface area is 196 Å². The van der Waals surface area contributed by atoms with Gasteiger partial charge >= 0.3 is 0 Å². The maximum absolute atomic E-state index is 13.5. The fraction of sp³-hybridized carbons (Fsp3) is 0.269. The van der Waals surface area contributed by atoms with E-state index in [2.05, 4.69) is 0 Å². The van der Waals surface area contributed by atoms with E-state index in [-0.39, 0.29) is 10.8 Å². The molecule has 0 atom stereocenters.